The van der Waals surface area contributed by atoms with Crippen molar-refractivity contribution in [3.05, 3.63) is 33.4 Å². The number of hydrazone groups is 1. The topological polar surface area (TPSA) is 38.4 Å². The molecule has 0 spiro atoms. The van der Waals surface area contributed by atoms with Crippen LogP contribution in [-0.4, -0.2) is 6.21 Å². The van der Waals surface area contributed by atoms with E-state index in [-0.39, 0.29) is 0 Å². The Morgan fingerprint density at radius 1 is 1.40 bits per heavy atom. The second-order valence-corrected chi connectivity index (χ2v) is 2.96. The highest BCUT2D eigenvalue weighted by Crippen LogP contribution is 2.08. The molecular formula is C7H7IN2. The van der Waals surface area contributed by atoms with Crippen molar-refractivity contribution in [3.63, 3.8) is 0 Å². The van der Waals surface area contributed by atoms with Gasteiger partial charge in [-0.05, 0) is 28.7 Å². The molecular weight excluding hydrogens is 239 g/mol. The maximum absolute atomic E-state index is 5.00. The monoisotopic (exact) mass is 246 g/mol. The van der Waals surface area contributed by atoms with Gasteiger partial charge in [0.05, 0.1) is 6.21 Å². The van der Waals surface area contributed by atoms with Crippen LogP contribution in [0.5, 0.6) is 0 Å². The van der Waals surface area contributed by atoms with Gasteiger partial charge in [-0.15, -0.1) is 0 Å². The van der Waals surface area contributed by atoms with Crippen molar-refractivity contribution in [3.8, 4) is 0 Å². The van der Waals surface area contributed by atoms with Crippen molar-refractivity contribution in [2.75, 3.05) is 0 Å². The minimum atomic E-state index is 1.06. The zero-order valence-corrected chi connectivity index (χ0v) is 7.45. The summed E-state index contributed by atoms with van der Waals surface area (Å²) in [7, 11) is 0. The van der Waals surface area contributed by atoms with Crippen LogP contribution in [0.2, 0.25) is 0 Å². The van der Waals surface area contributed by atoms with E-state index in [0.29, 0.717) is 0 Å². The Kier molecular flexibility index (Phi) is 2.68. The van der Waals surface area contributed by atoms with Gasteiger partial charge in [-0.3, -0.25) is 0 Å². The van der Waals surface area contributed by atoms with E-state index in [9.17, 15) is 0 Å². The maximum Gasteiger partial charge on any atom is 0.0548 e. The molecule has 0 aromatic heterocycles. The van der Waals surface area contributed by atoms with Gasteiger partial charge in [0.1, 0.15) is 0 Å². The molecule has 0 heterocycles. The van der Waals surface area contributed by atoms with Crippen molar-refractivity contribution in [2.45, 2.75) is 0 Å². The SMILES string of the molecule is N/N=C/c1ccccc1I. The molecule has 52 valence electrons. The van der Waals surface area contributed by atoms with E-state index < -0.39 is 0 Å². The number of benzene rings is 1. The van der Waals surface area contributed by atoms with E-state index in [1.807, 2.05) is 24.3 Å². The average molecular weight is 246 g/mol. The molecule has 0 amide bonds. The standard InChI is InChI=1S/C7H7IN2/c8-7-4-2-1-3-6(7)5-10-9/h1-5H,9H2/b10-5+. The third-order valence-electron chi connectivity index (χ3n) is 1.12. The predicted molar refractivity (Wildman–Crippen MR) is 50.9 cm³/mol. The van der Waals surface area contributed by atoms with Crippen LogP contribution in [0.15, 0.2) is 29.4 Å². The van der Waals surface area contributed by atoms with Gasteiger partial charge in [-0.1, -0.05) is 18.2 Å². The molecule has 1 aromatic rings. The summed E-state index contributed by atoms with van der Waals surface area (Å²) in [6.45, 7) is 0. The van der Waals surface area contributed by atoms with Crippen molar-refractivity contribution in [1.82, 2.24) is 0 Å². The summed E-state index contributed by atoms with van der Waals surface area (Å²) in [5.41, 5.74) is 1.06. The highest BCUT2D eigenvalue weighted by Gasteiger charge is 1.91. The highest BCUT2D eigenvalue weighted by atomic mass is 127. The quantitative estimate of drug-likeness (QED) is 0.347. The number of halogens is 1. The fraction of sp³-hybridized carbons (Fsp3) is 0. The fourth-order valence-electron chi connectivity index (χ4n) is 0.660. The molecule has 0 atom stereocenters. The Hall–Kier alpha value is -0.580. The van der Waals surface area contributed by atoms with Gasteiger partial charge >= 0.3 is 0 Å². The van der Waals surface area contributed by atoms with Crippen LogP contribution in [0.3, 0.4) is 0 Å². The van der Waals surface area contributed by atoms with Crippen molar-refractivity contribution in [1.29, 1.82) is 0 Å². The predicted octanol–water partition coefficient (Wildman–Crippen LogP) is 1.58. The first-order valence-electron chi connectivity index (χ1n) is 2.82. The minimum Gasteiger partial charge on any atom is -0.323 e. The van der Waals surface area contributed by atoms with E-state index in [2.05, 4.69) is 27.7 Å². The van der Waals surface area contributed by atoms with Crippen molar-refractivity contribution < 1.29 is 0 Å². The normalized spacial score (nSPS) is 10.5. The molecule has 2 nitrogen and oxygen atoms in total. The first-order chi connectivity index (χ1) is 4.84. The summed E-state index contributed by atoms with van der Waals surface area (Å²) in [4.78, 5) is 0. The summed E-state index contributed by atoms with van der Waals surface area (Å²) >= 11 is 2.24. The summed E-state index contributed by atoms with van der Waals surface area (Å²) < 4.78 is 1.16. The van der Waals surface area contributed by atoms with Crippen molar-refractivity contribution in [2.24, 2.45) is 10.9 Å². The summed E-state index contributed by atoms with van der Waals surface area (Å²) in [6.07, 6.45) is 1.64. The lowest BCUT2D eigenvalue weighted by Crippen LogP contribution is -1.88. The smallest absolute Gasteiger partial charge is 0.0548 e. The van der Waals surface area contributed by atoms with Gasteiger partial charge in [0.15, 0.2) is 0 Å². The van der Waals surface area contributed by atoms with Crippen LogP contribution in [0.4, 0.5) is 0 Å². The molecule has 0 unspecified atom stereocenters. The Morgan fingerprint density at radius 3 is 2.70 bits per heavy atom. The Labute approximate surface area is 73.3 Å². The van der Waals surface area contributed by atoms with E-state index in [1.165, 1.54) is 0 Å². The van der Waals surface area contributed by atoms with Crippen LogP contribution in [-0.2, 0) is 0 Å². The summed E-state index contributed by atoms with van der Waals surface area (Å²) in [5.74, 6) is 5.00. The Bertz CT molecular complexity index is 245. The first kappa shape index (κ1) is 7.53. The maximum atomic E-state index is 5.00. The fourth-order valence-corrected chi connectivity index (χ4v) is 1.19. The number of hydrogen-bond acceptors (Lipinski definition) is 2. The summed E-state index contributed by atoms with van der Waals surface area (Å²) in [5, 5.41) is 3.44. The third-order valence-corrected chi connectivity index (χ3v) is 2.10. The molecule has 0 bridgehead atoms. The highest BCUT2D eigenvalue weighted by molar-refractivity contribution is 14.1. The lowest BCUT2D eigenvalue weighted by Gasteiger charge is -1.93. The molecule has 2 N–H and O–H groups in total. The molecule has 0 fully saturated rings. The van der Waals surface area contributed by atoms with E-state index in [1.54, 1.807) is 6.21 Å². The lowest BCUT2D eigenvalue weighted by molar-refractivity contribution is 1.26. The van der Waals surface area contributed by atoms with Gasteiger partial charge in [0.2, 0.25) is 0 Å². The molecule has 10 heavy (non-hydrogen) atoms. The molecule has 0 aliphatic heterocycles. The van der Waals surface area contributed by atoms with E-state index in [0.717, 1.165) is 9.13 Å². The first-order valence-corrected chi connectivity index (χ1v) is 3.90. The van der Waals surface area contributed by atoms with E-state index in [4.69, 9.17) is 5.84 Å². The number of nitrogens with two attached hydrogens (primary N) is 1. The Morgan fingerprint density at radius 2 is 2.10 bits per heavy atom. The van der Waals surface area contributed by atoms with Crippen LogP contribution in [0, 0.1) is 3.57 Å². The van der Waals surface area contributed by atoms with Gasteiger partial charge < -0.3 is 5.84 Å². The molecule has 0 saturated carbocycles. The van der Waals surface area contributed by atoms with Crippen LogP contribution >= 0.6 is 22.6 Å². The molecule has 1 aromatic carbocycles. The molecule has 0 aliphatic rings. The third kappa shape index (κ3) is 1.70. The second-order valence-electron chi connectivity index (χ2n) is 1.80. The van der Waals surface area contributed by atoms with Crippen LogP contribution in [0.1, 0.15) is 5.56 Å². The molecule has 0 aliphatic carbocycles. The Balaban J connectivity index is 3.03. The largest absolute Gasteiger partial charge is 0.323 e. The molecule has 1 rings (SSSR count). The zero-order chi connectivity index (χ0) is 7.40. The van der Waals surface area contributed by atoms with Gasteiger partial charge in [0, 0.05) is 9.13 Å². The summed E-state index contributed by atoms with van der Waals surface area (Å²) in [6, 6.07) is 7.92. The molecule has 3 heteroatoms. The molecule has 0 radical (unpaired) electrons. The van der Waals surface area contributed by atoms with E-state index >= 15 is 0 Å². The minimum absolute atomic E-state index is 1.06. The molecule has 0 saturated heterocycles. The zero-order valence-electron chi connectivity index (χ0n) is 5.29. The van der Waals surface area contributed by atoms with Gasteiger partial charge in [-0.2, -0.15) is 5.10 Å². The second kappa shape index (κ2) is 3.55. The lowest BCUT2D eigenvalue weighted by atomic mass is 10.2. The van der Waals surface area contributed by atoms with Gasteiger partial charge in [-0.25, -0.2) is 0 Å². The van der Waals surface area contributed by atoms with Crippen molar-refractivity contribution >= 4 is 28.8 Å². The number of hydrogen-bond donors (Lipinski definition) is 1. The average Bonchev–Trinajstić information content (AvgIpc) is 1.94. The van der Waals surface area contributed by atoms with Crippen LogP contribution < -0.4 is 5.84 Å². The number of rotatable bonds is 1. The van der Waals surface area contributed by atoms with Gasteiger partial charge in [0.25, 0.3) is 0 Å². The number of nitrogens with zero attached hydrogens (tertiary/aromatic N) is 1. The van der Waals surface area contributed by atoms with Crippen LogP contribution in [0.25, 0.3) is 0 Å².